The molecule has 186 valence electrons. The zero-order valence-corrected chi connectivity index (χ0v) is 20.1. The summed E-state index contributed by atoms with van der Waals surface area (Å²) in [4.78, 5) is 38.2. The van der Waals surface area contributed by atoms with E-state index in [0.29, 0.717) is 13.0 Å². The molecule has 1 heterocycles. The van der Waals surface area contributed by atoms with E-state index in [9.17, 15) is 24.6 Å². The second-order valence-electron chi connectivity index (χ2n) is 9.75. The predicted octanol–water partition coefficient (Wildman–Crippen LogP) is 3.24. The standard InChI is InChI=1S/C27H32N2O6/c1-17(2)27(25(32)33)11-12-29(16-27)24(31)13-18(30)14-28-26(34)35-15-23-21-9-5-3-7-19(21)20-8-4-6-10-22(20)23/h3-10,17-18,23,30H,11-16H2,1-2H3,(H,28,34)(H,32,33). The van der Waals surface area contributed by atoms with Crippen molar-refractivity contribution in [3.05, 3.63) is 59.7 Å². The maximum Gasteiger partial charge on any atom is 0.407 e. The first-order valence-corrected chi connectivity index (χ1v) is 12.0. The van der Waals surface area contributed by atoms with Crippen molar-refractivity contribution in [3.8, 4) is 11.1 Å². The van der Waals surface area contributed by atoms with Crippen molar-refractivity contribution in [3.63, 3.8) is 0 Å². The molecule has 1 fully saturated rings. The summed E-state index contributed by atoms with van der Waals surface area (Å²) in [6.45, 7) is 4.19. The Balaban J connectivity index is 1.25. The van der Waals surface area contributed by atoms with Gasteiger partial charge in [0.2, 0.25) is 5.91 Å². The maximum absolute atomic E-state index is 12.6. The largest absolute Gasteiger partial charge is 0.481 e. The Hall–Kier alpha value is -3.39. The number of aliphatic hydroxyl groups is 1. The predicted molar refractivity (Wildman–Crippen MR) is 130 cm³/mol. The Kier molecular flexibility index (Phi) is 7.12. The van der Waals surface area contributed by atoms with Crippen LogP contribution in [0.3, 0.4) is 0 Å². The fraction of sp³-hybridized carbons (Fsp3) is 0.444. The molecule has 3 N–H and O–H groups in total. The molecular weight excluding hydrogens is 448 g/mol. The lowest BCUT2D eigenvalue weighted by Crippen LogP contribution is -2.42. The van der Waals surface area contributed by atoms with E-state index >= 15 is 0 Å². The molecule has 35 heavy (non-hydrogen) atoms. The number of aliphatic hydroxyl groups excluding tert-OH is 1. The molecule has 0 radical (unpaired) electrons. The normalized spacial score (nSPS) is 19.8. The SMILES string of the molecule is CC(C)C1(C(=O)O)CCN(C(=O)CC(O)CNC(=O)OCC2c3ccccc3-c3ccccc32)C1. The van der Waals surface area contributed by atoms with Gasteiger partial charge in [-0.25, -0.2) is 4.79 Å². The van der Waals surface area contributed by atoms with Gasteiger partial charge in [0.25, 0.3) is 0 Å². The minimum absolute atomic E-state index is 0.0646. The van der Waals surface area contributed by atoms with Crippen LogP contribution in [0.4, 0.5) is 4.79 Å². The van der Waals surface area contributed by atoms with Gasteiger partial charge in [-0.15, -0.1) is 0 Å². The molecule has 4 rings (SSSR count). The number of nitrogens with one attached hydrogen (secondary N) is 1. The lowest BCUT2D eigenvalue weighted by molar-refractivity contribution is -0.151. The zero-order chi connectivity index (χ0) is 25.2. The Labute approximate surface area is 204 Å². The average Bonchev–Trinajstić information content (AvgIpc) is 3.43. The number of benzene rings is 2. The van der Waals surface area contributed by atoms with E-state index in [1.54, 1.807) is 0 Å². The van der Waals surface area contributed by atoms with Crippen molar-refractivity contribution in [1.29, 1.82) is 0 Å². The molecular formula is C27H32N2O6. The van der Waals surface area contributed by atoms with Crippen LogP contribution in [-0.2, 0) is 14.3 Å². The number of likely N-dealkylation sites (tertiary alicyclic amines) is 1. The van der Waals surface area contributed by atoms with Gasteiger partial charge in [-0.1, -0.05) is 62.4 Å². The number of ether oxygens (including phenoxy) is 1. The number of fused-ring (bicyclic) bond motifs is 3. The molecule has 2 unspecified atom stereocenters. The van der Waals surface area contributed by atoms with Gasteiger partial charge in [0.1, 0.15) is 6.61 Å². The quantitative estimate of drug-likeness (QED) is 0.534. The molecule has 0 aromatic heterocycles. The Morgan fingerprint density at radius 2 is 1.69 bits per heavy atom. The number of amides is 2. The summed E-state index contributed by atoms with van der Waals surface area (Å²) >= 11 is 0. The van der Waals surface area contributed by atoms with Crippen molar-refractivity contribution in [2.75, 3.05) is 26.2 Å². The van der Waals surface area contributed by atoms with Gasteiger partial charge in [-0.3, -0.25) is 9.59 Å². The zero-order valence-electron chi connectivity index (χ0n) is 20.1. The summed E-state index contributed by atoms with van der Waals surface area (Å²) < 4.78 is 5.45. The fourth-order valence-corrected chi connectivity index (χ4v) is 5.19. The van der Waals surface area contributed by atoms with E-state index < -0.39 is 23.6 Å². The summed E-state index contributed by atoms with van der Waals surface area (Å²) in [5.74, 6) is -1.40. The molecule has 2 aromatic rings. The van der Waals surface area contributed by atoms with E-state index in [2.05, 4.69) is 17.4 Å². The summed E-state index contributed by atoms with van der Waals surface area (Å²) in [6, 6.07) is 16.1. The lowest BCUT2D eigenvalue weighted by Gasteiger charge is -2.28. The molecule has 8 nitrogen and oxygen atoms in total. The number of carbonyl (C=O) groups excluding carboxylic acids is 2. The number of hydrogen-bond acceptors (Lipinski definition) is 5. The topological polar surface area (TPSA) is 116 Å². The smallest absolute Gasteiger partial charge is 0.407 e. The number of carboxylic acid groups (broad SMARTS) is 1. The van der Waals surface area contributed by atoms with Gasteiger partial charge in [-0.05, 0) is 34.6 Å². The van der Waals surface area contributed by atoms with Crippen LogP contribution < -0.4 is 5.32 Å². The highest BCUT2D eigenvalue weighted by molar-refractivity contribution is 5.81. The molecule has 2 aromatic carbocycles. The molecule has 2 amide bonds. The van der Waals surface area contributed by atoms with E-state index in [-0.39, 0.29) is 43.9 Å². The number of alkyl carbamates (subject to hydrolysis) is 1. The van der Waals surface area contributed by atoms with Crippen LogP contribution in [0.2, 0.25) is 0 Å². The Morgan fingerprint density at radius 1 is 1.09 bits per heavy atom. The van der Waals surface area contributed by atoms with Crippen molar-refractivity contribution in [1.82, 2.24) is 10.2 Å². The number of aliphatic carboxylic acids is 1. The van der Waals surface area contributed by atoms with Crippen LogP contribution >= 0.6 is 0 Å². The minimum Gasteiger partial charge on any atom is -0.481 e. The number of nitrogens with zero attached hydrogens (tertiary/aromatic N) is 1. The Bertz CT molecular complexity index is 1070. The van der Waals surface area contributed by atoms with Gasteiger partial charge in [0.15, 0.2) is 0 Å². The van der Waals surface area contributed by atoms with E-state index in [0.717, 1.165) is 22.3 Å². The van der Waals surface area contributed by atoms with Gasteiger partial charge >= 0.3 is 12.1 Å². The van der Waals surface area contributed by atoms with Gasteiger partial charge in [-0.2, -0.15) is 0 Å². The summed E-state index contributed by atoms with van der Waals surface area (Å²) in [5.41, 5.74) is 3.53. The van der Waals surface area contributed by atoms with Gasteiger partial charge < -0.3 is 25.2 Å². The molecule has 1 saturated heterocycles. The van der Waals surface area contributed by atoms with Crippen LogP contribution in [0, 0.1) is 11.3 Å². The van der Waals surface area contributed by atoms with Gasteiger partial charge in [0.05, 0.1) is 17.9 Å². The van der Waals surface area contributed by atoms with Crippen LogP contribution in [0.25, 0.3) is 11.1 Å². The highest BCUT2D eigenvalue weighted by atomic mass is 16.5. The highest BCUT2D eigenvalue weighted by Gasteiger charge is 2.48. The second-order valence-corrected chi connectivity index (χ2v) is 9.75. The number of carbonyl (C=O) groups is 3. The third-order valence-corrected chi connectivity index (χ3v) is 7.42. The average molecular weight is 481 g/mol. The number of rotatable bonds is 8. The van der Waals surface area contributed by atoms with Crippen LogP contribution in [-0.4, -0.2) is 65.4 Å². The summed E-state index contributed by atoms with van der Waals surface area (Å²) in [5, 5.41) is 22.5. The molecule has 1 aliphatic carbocycles. The number of hydrogen-bond donors (Lipinski definition) is 3. The van der Waals surface area contributed by atoms with Crippen LogP contribution in [0.1, 0.15) is 43.7 Å². The van der Waals surface area contributed by atoms with Crippen molar-refractivity contribution < 1.29 is 29.3 Å². The third kappa shape index (κ3) is 4.89. The van der Waals surface area contributed by atoms with Crippen LogP contribution in [0.15, 0.2) is 48.5 Å². The lowest BCUT2D eigenvalue weighted by atomic mass is 9.76. The first kappa shape index (κ1) is 24.7. The fourth-order valence-electron chi connectivity index (χ4n) is 5.19. The van der Waals surface area contributed by atoms with E-state index in [1.165, 1.54) is 4.90 Å². The number of carboxylic acids is 1. The van der Waals surface area contributed by atoms with Crippen molar-refractivity contribution >= 4 is 18.0 Å². The third-order valence-electron chi connectivity index (χ3n) is 7.42. The molecule has 0 spiro atoms. The minimum atomic E-state index is -1.10. The van der Waals surface area contributed by atoms with Gasteiger partial charge in [0, 0.05) is 25.6 Å². The maximum atomic E-state index is 12.6. The first-order valence-electron chi connectivity index (χ1n) is 12.0. The first-order chi connectivity index (χ1) is 16.7. The summed E-state index contributed by atoms with van der Waals surface area (Å²) in [7, 11) is 0. The van der Waals surface area contributed by atoms with E-state index in [1.807, 2.05) is 50.2 Å². The monoisotopic (exact) mass is 480 g/mol. The Morgan fingerprint density at radius 3 is 2.23 bits per heavy atom. The molecule has 8 heteroatoms. The van der Waals surface area contributed by atoms with Crippen molar-refractivity contribution in [2.24, 2.45) is 11.3 Å². The molecule has 2 atom stereocenters. The van der Waals surface area contributed by atoms with E-state index in [4.69, 9.17) is 4.74 Å². The second kappa shape index (κ2) is 10.1. The molecule has 0 saturated carbocycles. The summed E-state index contributed by atoms with van der Waals surface area (Å²) in [6.07, 6.45) is -1.57. The molecule has 1 aliphatic heterocycles. The van der Waals surface area contributed by atoms with Crippen LogP contribution in [0.5, 0.6) is 0 Å². The molecule has 2 aliphatic rings. The molecule has 0 bridgehead atoms. The highest BCUT2D eigenvalue weighted by Crippen LogP contribution is 2.44. The van der Waals surface area contributed by atoms with Crippen molar-refractivity contribution in [2.45, 2.75) is 38.7 Å².